The second-order valence-electron chi connectivity index (χ2n) is 4.04. The van der Waals surface area contributed by atoms with Crippen LogP contribution in [0.5, 0.6) is 5.75 Å². The van der Waals surface area contributed by atoms with Gasteiger partial charge in [-0.25, -0.2) is 0 Å². The van der Waals surface area contributed by atoms with Gasteiger partial charge in [-0.1, -0.05) is 23.2 Å². The van der Waals surface area contributed by atoms with E-state index >= 15 is 0 Å². The Labute approximate surface area is 123 Å². The lowest BCUT2D eigenvalue weighted by Gasteiger charge is -2.14. The summed E-state index contributed by atoms with van der Waals surface area (Å²) in [6.07, 6.45) is -4.44. The first-order valence-corrected chi connectivity index (χ1v) is 6.29. The molecule has 0 saturated heterocycles. The Morgan fingerprint density at radius 2 is 1.65 bits per heavy atom. The van der Waals surface area contributed by atoms with Crippen LogP contribution in [-0.4, -0.2) is 7.11 Å². The van der Waals surface area contributed by atoms with Crippen molar-refractivity contribution in [1.29, 1.82) is 0 Å². The van der Waals surface area contributed by atoms with Gasteiger partial charge in [0.1, 0.15) is 5.75 Å². The second-order valence-corrected chi connectivity index (χ2v) is 4.88. The van der Waals surface area contributed by atoms with Crippen molar-refractivity contribution in [3.63, 3.8) is 0 Å². The molecule has 0 aliphatic heterocycles. The zero-order chi connectivity index (χ0) is 14.9. The number of hydrogen-bond donors (Lipinski definition) is 0. The molecule has 0 radical (unpaired) electrons. The normalized spacial score (nSPS) is 11.5. The fourth-order valence-electron chi connectivity index (χ4n) is 1.80. The van der Waals surface area contributed by atoms with Crippen LogP contribution in [0.15, 0.2) is 36.4 Å². The van der Waals surface area contributed by atoms with Gasteiger partial charge < -0.3 is 4.74 Å². The van der Waals surface area contributed by atoms with Crippen molar-refractivity contribution < 1.29 is 17.9 Å². The number of alkyl halides is 3. The van der Waals surface area contributed by atoms with Crippen LogP contribution in [0.4, 0.5) is 13.2 Å². The molecule has 0 atom stereocenters. The number of rotatable bonds is 2. The molecule has 0 aromatic heterocycles. The topological polar surface area (TPSA) is 9.23 Å². The molecule has 0 unspecified atom stereocenters. The van der Waals surface area contributed by atoms with Crippen LogP contribution in [0.25, 0.3) is 11.1 Å². The smallest absolute Gasteiger partial charge is 0.416 e. The van der Waals surface area contributed by atoms with E-state index in [1.165, 1.54) is 25.3 Å². The van der Waals surface area contributed by atoms with E-state index < -0.39 is 11.7 Å². The average Bonchev–Trinajstić information content (AvgIpc) is 2.40. The van der Waals surface area contributed by atoms with E-state index in [9.17, 15) is 13.2 Å². The summed E-state index contributed by atoms with van der Waals surface area (Å²) in [5.41, 5.74) is -0.138. The highest BCUT2D eigenvalue weighted by Gasteiger charge is 2.31. The van der Waals surface area contributed by atoms with Crippen LogP contribution in [0.3, 0.4) is 0 Å². The van der Waals surface area contributed by atoms with Gasteiger partial charge in [0.2, 0.25) is 0 Å². The van der Waals surface area contributed by atoms with Crippen molar-refractivity contribution in [2.45, 2.75) is 6.18 Å². The Morgan fingerprint density at radius 1 is 0.950 bits per heavy atom. The first-order chi connectivity index (χ1) is 9.32. The zero-order valence-electron chi connectivity index (χ0n) is 10.3. The Morgan fingerprint density at radius 3 is 2.25 bits per heavy atom. The average molecular weight is 321 g/mol. The van der Waals surface area contributed by atoms with Crippen molar-refractivity contribution in [3.8, 4) is 16.9 Å². The van der Waals surface area contributed by atoms with Gasteiger partial charge in [0.05, 0.1) is 12.7 Å². The third kappa shape index (κ3) is 3.02. The maximum atomic E-state index is 12.8. The van der Waals surface area contributed by atoms with Crippen LogP contribution < -0.4 is 4.74 Å². The lowest BCUT2D eigenvalue weighted by molar-refractivity contribution is -0.137. The molecule has 6 heteroatoms. The van der Waals surface area contributed by atoms with Crippen LogP contribution in [0, 0.1) is 0 Å². The van der Waals surface area contributed by atoms with Crippen molar-refractivity contribution >= 4 is 23.2 Å². The van der Waals surface area contributed by atoms with Gasteiger partial charge in [0, 0.05) is 21.2 Å². The van der Waals surface area contributed by atoms with Gasteiger partial charge in [0.25, 0.3) is 0 Å². The molecule has 20 heavy (non-hydrogen) atoms. The van der Waals surface area contributed by atoms with Crippen LogP contribution >= 0.6 is 23.2 Å². The summed E-state index contributed by atoms with van der Waals surface area (Å²) in [6.45, 7) is 0. The number of methoxy groups -OCH3 is 1. The highest BCUT2D eigenvalue weighted by Crippen LogP contribution is 2.40. The predicted molar refractivity (Wildman–Crippen MR) is 73.5 cm³/mol. The molecular formula is C14H9Cl2F3O. The highest BCUT2D eigenvalue weighted by molar-refractivity contribution is 6.35. The highest BCUT2D eigenvalue weighted by atomic mass is 35.5. The molecule has 0 aliphatic carbocycles. The molecule has 0 saturated carbocycles. The third-order valence-electron chi connectivity index (χ3n) is 2.75. The molecule has 106 valence electrons. The molecule has 0 fully saturated rings. The summed E-state index contributed by atoms with van der Waals surface area (Å²) >= 11 is 11.9. The minimum Gasteiger partial charge on any atom is -0.496 e. The standard InChI is InChI=1S/C14H9Cl2F3O/c1-20-13-5-2-8(14(17,18)19)6-11(13)10-7-9(15)3-4-12(10)16/h2-7H,1H3. The Bertz CT molecular complexity index is 639. The molecule has 0 spiro atoms. The number of halogens is 5. The fourth-order valence-corrected chi connectivity index (χ4v) is 2.19. The largest absolute Gasteiger partial charge is 0.496 e. The number of hydrogen-bond acceptors (Lipinski definition) is 1. The molecule has 1 nitrogen and oxygen atoms in total. The Balaban J connectivity index is 2.67. The summed E-state index contributed by atoms with van der Waals surface area (Å²) in [5, 5.41) is 0.677. The van der Waals surface area contributed by atoms with E-state index in [0.29, 0.717) is 21.4 Å². The van der Waals surface area contributed by atoms with Crippen molar-refractivity contribution in [2.75, 3.05) is 7.11 Å². The third-order valence-corrected chi connectivity index (χ3v) is 3.31. The monoisotopic (exact) mass is 320 g/mol. The fraction of sp³-hybridized carbons (Fsp3) is 0.143. The van der Waals surface area contributed by atoms with Gasteiger partial charge in [-0.15, -0.1) is 0 Å². The molecule has 2 aromatic rings. The lowest BCUT2D eigenvalue weighted by Crippen LogP contribution is -2.05. The molecule has 2 rings (SSSR count). The van der Waals surface area contributed by atoms with E-state index in [2.05, 4.69) is 0 Å². The Kier molecular flexibility index (Phi) is 4.16. The van der Waals surface area contributed by atoms with E-state index in [0.717, 1.165) is 12.1 Å². The first kappa shape index (κ1) is 15.0. The Hall–Kier alpha value is -1.39. The van der Waals surface area contributed by atoms with Gasteiger partial charge in [-0.3, -0.25) is 0 Å². The molecule has 0 aliphatic rings. The van der Waals surface area contributed by atoms with Gasteiger partial charge in [-0.05, 0) is 36.4 Å². The maximum Gasteiger partial charge on any atom is 0.416 e. The van der Waals surface area contributed by atoms with E-state index in [-0.39, 0.29) is 5.56 Å². The van der Waals surface area contributed by atoms with E-state index in [1.54, 1.807) is 6.07 Å². The minimum atomic E-state index is -4.44. The molecular weight excluding hydrogens is 312 g/mol. The predicted octanol–water partition coefficient (Wildman–Crippen LogP) is 5.69. The van der Waals surface area contributed by atoms with Crippen LogP contribution in [-0.2, 0) is 6.18 Å². The SMILES string of the molecule is COc1ccc(C(F)(F)F)cc1-c1cc(Cl)ccc1Cl. The minimum absolute atomic E-state index is 0.245. The molecule has 0 bridgehead atoms. The lowest BCUT2D eigenvalue weighted by atomic mass is 10.0. The second kappa shape index (κ2) is 5.54. The van der Waals surface area contributed by atoms with Gasteiger partial charge in [-0.2, -0.15) is 13.2 Å². The molecule has 0 N–H and O–H groups in total. The summed E-state index contributed by atoms with van der Waals surface area (Å²) in [7, 11) is 1.38. The quantitative estimate of drug-likeness (QED) is 0.690. The molecule has 2 aromatic carbocycles. The van der Waals surface area contributed by atoms with Crippen LogP contribution in [0.1, 0.15) is 5.56 Å². The van der Waals surface area contributed by atoms with Crippen molar-refractivity contribution in [3.05, 3.63) is 52.0 Å². The molecule has 0 amide bonds. The summed E-state index contributed by atoms with van der Waals surface area (Å²) < 4.78 is 43.5. The molecule has 0 heterocycles. The summed E-state index contributed by atoms with van der Waals surface area (Å²) in [4.78, 5) is 0. The van der Waals surface area contributed by atoms with Crippen molar-refractivity contribution in [2.24, 2.45) is 0 Å². The van der Waals surface area contributed by atoms with E-state index in [4.69, 9.17) is 27.9 Å². The maximum absolute atomic E-state index is 12.8. The number of benzene rings is 2. The number of ether oxygens (including phenoxy) is 1. The van der Waals surface area contributed by atoms with Gasteiger partial charge in [0.15, 0.2) is 0 Å². The van der Waals surface area contributed by atoms with Crippen LogP contribution in [0.2, 0.25) is 10.0 Å². The van der Waals surface area contributed by atoms with Gasteiger partial charge >= 0.3 is 6.18 Å². The van der Waals surface area contributed by atoms with E-state index in [1.807, 2.05) is 0 Å². The summed E-state index contributed by atoms with van der Waals surface area (Å²) in [5.74, 6) is 0.294. The first-order valence-electron chi connectivity index (χ1n) is 5.53. The summed E-state index contributed by atoms with van der Waals surface area (Å²) in [6, 6.07) is 7.81. The van der Waals surface area contributed by atoms with Crippen molar-refractivity contribution in [1.82, 2.24) is 0 Å². The zero-order valence-corrected chi connectivity index (χ0v) is 11.8.